The third kappa shape index (κ3) is 2.79. The van der Waals surface area contributed by atoms with Gasteiger partial charge in [-0.15, -0.1) is 0 Å². The van der Waals surface area contributed by atoms with Crippen molar-refractivity contribution in [3.63, 3.8) is 0 Å². The summed E-state index contributed by atoms with van der Waals surface area (Å²) in [7, 11) is 0. The normalized spacial score (nSPS) is 11.4. The van der Waals surface area contributed by atoms with Gasteiger partial charge in [0.1, 0.15) is 6.07 Å². The maximum absolute atomic E-state index is 9.74. The highest BCUT2D eigenvalue weighted by atomic mass is 14.7. The minimum Gasteiger partial charge on any atom is -0.256 e. The van der Waals surface area contributed by atoms with Crippen LogP contribution < -0.4 is 0 Å². The van der Waals surface area contributed by atoms with Crippen LogP contribution in [0.25, 0.3) is 11.1 Å². The molecule has 2 aromatic carbocycles. The van der Waals surface area contributed by atoms with Crippen LogP contribution in [-0.4, -0.2) is 4.98 Å². The van der Waals surface area contributed by atoms with Crippen molar-refractivity contribution in [2.24, 2.45) is 0 Å². The lowest BCUT2D eigenvalue weighted by Gasteiger charge is -2.11. The first-order valence-corrected chi connectivity index (χ1v) is 7.07. The quantitative estimate of drug-likeness (QED) is 0.521. The second-order valence-corrected chi connectivity index (χ2v) is 4.81. The molecule has 0 unspecified atom stereocenters. The molecule has 2 heteroatoms. The zero-order valence-electron chi connectivity index (χ0n) is 12.0. The van der Waals surface area contributed by atoms with Crippen LogP contribution in [0.4, 0.5) is 0 Å². The molecule has 1 aromatic heterocycles. The zero-order valence-corrected chi connectivity index (χ0v) is 12.0. The monoisotopic (exact) mass is 282 g/mol. The summed E-state index contributed by atoms with van der Waals surface area (Å²) in [6, 6.07) is 27.7. The second-order valence-electron chi connectivity index (χ2n) is 4.81. The minimum atomic E-state index is 0.630. The van der Waals surface area contributed by atoms with Gasteiger partial charge in [-0.1, -0.05) is 66.7 Å². The van der Waals surface area contributed by atoms with E-state index < -0.39 is 0 Å². The fourth-order valence-corrected chi connectivity index (χ4v) is 2.41. The SMILES string of the molecule is N#C/C(=C(\c1ccccc1)c1ccccn1)c1ccccc1. The van der Waals surface area contributed by atoms with Gasteiger partial charge in [-0.25, -0.2) is 0 Å². The topological polar surface area (TPSA) is 36.7 Å². The van der Waals surface area contributed by atoms with E-state index in [4.69, 9.17) is 0 Å². The van der Waals surface area contributed by atoms with Crippen molar-refractivity contribution in [1.82, 2.24) is 4.98 Å². The highest BCUT2D eigenvalue weighted by Crippen LogP contribution is 2.30. The van der Waals surface area contributed by atoms with Crippen molar-refractivity contribution < 1.29 is 0 Å². The van der Waals surface area contributed by atoms with Gasteiger partial charge in [-0.2, -0.15) is 5.26 Å². The number of rotatable bonds is 3. The molecule has 0 aliphatic carbocycles. The van der Waals surface area contributed by atoms with Crippen LogP contribution in [0.1, 0.15) is 16.8 Å². The fraction of sp³-hybridized carbons (Fsp3) is 0. The highest BCUT2D eigenvalue weighted by molar-refractivity contribution is 6.02. The Morgan fingerprint density at radius 3 is 1.86 bits per heavy atom. The molecule has 2 nitrogen and oxygen atoms in total. The van der Waals surface area contributed by atoms with Crippen molar-refractivity contribution in [1.29, 1.82) is 5.26 Å². The molecule has 0 radical (unpaired) electrons. The Morgan fingerprint density at radius 1 is 0.727 bits per heavy atom. The van der Waals surface area contributed by atoms with E-state index in [1.54, 1.807) is 6.20 Å². The van der Waals surface area contributed by atoms with Gasteiger partial charge < -0.3 is 0 Å². The number of hydrogen-bond acceptors (Lipinski definition) is 2. The minimum absolute atomic E-state index is 0.630. The molecular formula is C20H14N2. The Balaban J connectivity index is 2.30. The number of nitrogens with zero attached hydrogens (tertiary/aromatic N) is 2. The molecule has 104 valence electrons. The summed E-state index contributed by atoms with van der Waals surface area (Å²) in [5.74, 6) is 0. The van der Waals surface area contributed by atoms with Gasteiger partial charge in [0.2, 0.25) is 0 Å². The van der Waals surface area contributed by atoms with Crippen molar-refractivity contribution in [3.8, 4) is 6.07 Å². The van der Waals surface area contributed by atoms with E-state index in [9.17, 15) is 5.26 Å². The molecule has 0 saturated heterocycles. The molecular weight excluding hydrogens is 268 g/mol. The molecule has 3 aromatic rings. The summed E-state index contributed by atoms with van der Waals surface area (Å²) < 4.78 is 0. The summed E-state index contributed by atoms with van der Waals surface area (Å²) in [5.41, 5.74) is 4.17. The van der Waals surface area contributed by atoms with E-state index in [0.717, 1.165) is 22.4 Å². The molecule has 0 N–H and O–H groups in total. The lowest BCUT2D eigenvalue weighted by molar-refractivity contribution is 1.27. The van der Waals surface area contributed by atoms with Gasteiger partial charge >= 0.3 is 0 Å². The molecule has 0 spiro atoms. The number of allylic oxidation sites excluding steroid dienone is 1. The van der Waals surface area contributed by atoms with E-state index in [1.165, 1.54) is 0 Å². The maximum Gasteiger partial charge on any atom is 0.100 e. The smallest absolute Gasteiger partial charge is 0.100 e. The van der Waals surface area contributed by atoms with E-state index in [0.29, 0.717) is 5.57 Å². The number of aromatic nitrogens is 1. The standard InChI is InChI=1S/C20H14N2/c21-15-18(16-9-3-1-4-10-16)20(17-11-5-2-6-12-17)19-13-7-8-14-22-19/h1-14H/b20-18-. The van der Waals surface area contributed by atoms with Crippen molar-refractivity contribution in [2.75, 3.05) is 0 Å². The predicted octanol–water partition coefficient (Wildman–Crippen LogP) is 4.56. The second kappa shape index (κ2) is 6.51. The van der Waals surface area contributed by atoms with Crippen LogP contribution in [0.5, 0.6) is 0 Å². The van der Waals surface area contributed by atoms with Crippen LogP contribution in [0, 0.1) is 11.3 Å². The van der Waals surface area contributed by atoms with E-state index in [-0.39, 0.29) is 0 Å². The fourth-order valence-electron chi connectivity index (χ4n) is 2.41. The summed E-state index contributed by atoms with van der Waals surface area (Å²) in [6.45, 7) is 0. The molecule has 1 heterocycles. The van der Waals surface area contributed by atoms with Gasteiger partial charge in [-0.3, -0.25) is 4.98 Å². The van der Waals surface area contributed by atoms with Crippen molar-refractivity contribution in [2.45, 2.75) is 0 Å². The molecule has 0 aliphatic rings. The van der Waals surface area contributed by atoms with Gasteiger partial charge in [0.25, 0.3) is 0 Å². The van der Waals surface area contributed by atoms with Crippen molar-refractivity contribution >= 4 is 11.1 Å². The van der Waals surface area contributed by atoms with Crippen molar-refractivity contribution in [3.05, 3.63) is 102 Å². The average Bonchev–Trinajstić information content (AvgIpc) is 2.62. The van der Waals surface area contributed by atoms with Crippen LogP contribution >= 0.6 is 0 Å². The summed E-state index contributed by atoms with van der Waals surface area (Å²) in [5, 5.41) is 9.74. The molecule has 0 amide bonds. The number of pyridine rings is 1. The summed E-state index contributed by atoms with van der Waals surface area (Å²) in [4.78, 5) is 4.44. The largest absolute Gasteiger partial charge is 0.256 e. The lowest BCUT2D eigenvalue weighted by atomic mass is 9.93. The molecule has 22 heavy (non-hydrogen) atoms. The molecule has 3 rings (SSSR count). The third-order valence-corrected chi connectivity index (χ3v) is 3.41. The summed E-state index contributed by atoms with van der Waals surface area (Å²) in [6.07, 6.45) is 1.75. The Kier molecular flexibility index (Phi) is 4.08. The van der Waals surface area contributed by atoms with E-state index >= 15 is 0 Å². The number of hydrogen-bond donors (Lipinski definition) is 0. The first-order chi connectivity index (χ1) is 10.9. The predicted molar refractivity (Wildman–Crippen MR) is 88.7 cm³/mol. The number of nitriles is 1. The van der Waals surface area contributed by atoms with E-state index in [1.807, 2.05) is 78.9 Å². The summed E-state index contributed by atoms with van der Waals surface area (Å²) >= 11 is 0. The van der Waals surface area contributed by atoms with Gasteiger partial charge in [-0.05, 0) is 23.3 Å². The van der Waals surface area contributed by atoms with E-state index in [2.05, 4.69) is 11.1 Å². The Labute approximate surface area is 130 Å². The third-order valence-electron chi connectivity index (χ3n) is 3.41. The molecule has 0 atom stereocenters. The molecule has 0 fully saturated rings. The van der Waals surface area contributed by atoms with Gasteiger partial charge in [0.15, 0.2) is 0 Å². The number of benzene rings is 2. The molecule has 0 aliphatic heterocycles. The van der Waals surface area contributed by atoms with Crippen LogP contribution in [0.3, 0.4) is 0 Å². The van der Waals surface area contributed by atoms with Crippen LogP contribution in [0.15, 0.2) is 85.1 Å². The van der Waals surface area contributed by atoms with Crippen LogP contribution in [-0.2, 0) is 0 Å². The first kappa shape index (κ1) is 13.8. The Bertz CT molecular complexity index is 772. The van der Waals surface area contributed by atoms with Gasteiger partial charge in [0, 0.05) is 11.8 Å². The average molecular weight is 282 g/mol. The Hall–Kier alpha value is -3.18. The van der Waals surface area contributed by atoms with Gasteiger partial charge in [0.05, 0.1) is 11.3 Å². The molecule has 0 bridgehead atoms. The maximum atomic E-state index is 9.74. The first-order valence-electron chi connectivity index (χ1n) is 7.07. The highest BCUT2D eigenvalue weighted by Gasteiger charge is 2.14. The van der Waals surface area contributed by atoms with Crippen LogP contribution in [0.2, 0.25) is 0 Å². The molecule has 0 saturated carbocycles. The Morgan fingerprint density at radius 2 is 1.32 bits per heavy atom. The lowest BCUT2D eigenvalue weighted by Crippen LogP contribution is -1.96. The zero-order chi connectivity index (χ0) is 15.2.